The summed E-state index contributed by atoms with van der Waals surface area (Å²) in [6, 6.07) is 1.20. The van der Waals surface area contributed by atoms with Crippen molar-refractivity contribution in [1.82, 2.24) is 4.98 Å². The number of hydrogen-bond donors (Lipinski definition) is 1. The van der Waals surface area contributed by atoms with Crippen LogP contribution >= 0.6 is 11.6 Å². The number of pyridine rings is 1. The lowest BCUT2D eigenvalue weighted by molar-refractivity contribution is -0.384. The number of rotatable bonds is 6. The molecule has 0 spiro atoms. The Kier molecular flexibility index (Phi) is 5.31. The maximum absolute atomic E-state index is 11.1. The first-order valence-corrected chi connectivity index (χ1v) is 5.61. The molecule has 0 aromatic carbocycles. The predicted molar refractivity (Wildman–Crippen MR) is 65.6 cm³/mol. The molecule has 1 rings (SSSR count). The minimum Gasteiger partial charge on any atom is -0.466 e. The number of esters is 1. The van der Waals surface area contributed by atoms with Crippen molar-refractivity contribution >= 4 is 29.1 Å². The second-order valence-electron chi connectivity index (χ2n) is 3.26. The van der Waals surface area contributed by atoms with Crippen molar-refractivity contribution in [3.05, 3.63) is 27.4 Å². The summed E-state index contributed by atoms with van der Waals surface area (Å²) in [6.07, 6.45) is 1.40. The minimum atomic E-state index is -0.592. The molecule has 0 bridgehead atoms. The van der Waals surface area contributed by atoms with Gasteiger partial charge in [0.05, 0.1) is 23.0 Å². The van der Waals surface area contributed by atoms with E-state index >= 15 is 0 Å². The van der Waals surface area contributed by atoms with E-state index < -0.39 is 4.92 Å². The highest BCUT2D eigenvalue weighted by atomic mass is 35.5. The zero-order chi connectivity index (χ0) is 13.5. The lowest BCUT2D eigenvalue weighted by Crippen LogP contribution is -2.12. The van der Waals surface area contributed by atoms with Crippen molar-refractivity contribution in [2.45, 2.75) is 13.3 Å². The Balaban J connectivity index is 2.62. The maximum Gasteiger partial charge on any atom is 0.312 e. The van der Waals surface area contributed by atoms with Crippen molar-refractivity contribution < 1.29 is 14.5 Å². The van der Waals surface area contributed by atoms with Gasteiger partial charge in [0, 0.05) is 18.8 Å². The fraction of sp³-hybridized carbons (Fsp3) is 0.400. The van der Waals surface area contributed by atoms with E-state index in [1.807, 2.05) is 0 Å². The number of nitrogens with one attached hydrogen (secondary N) is 1. The number of nitro groups is 1. The largest absolute Gasteiger partial charge is 0.466 e. The molecule has 98 valence electrons. The Morgan fingerprint density at radius 3 is 3.00 bits per heavy atom. The van der Waals surface area contributed by atoms with Gasteiger partial charge in [-0.25, -0.2) is 4.98 Å². The van der Waals surface area contributed by atoms with Gasteiger partial charge < -0.3 is 10.1 Å². The average molecular weight is 274 g/mol. The van der Waals surface area contributed by atoms with Gasteiger partial charge >= 0.3 is 11.7 Å². The predicted octanol–water partition coefficient (Wildman–Crippen LogP) is 2.01. The Morgan fingerprint density at radius 2 is 2.39 bits per heavy atom. The van der Waals surface area contributed by atoms with Crippen molar-refractivity contribution in [2.24, 2.45) is 0 Å². The van der Waals surface area contributed by atoms with E-state index in [-0.39, 0.29) is 35.5 Å². The molecule has 0 unspecified atom stereocenters. The lowest BCUT2D eigenvalue weighted by Gasteiger charge is -2.06. The SMILES string of the molecule is CCOC(=O)CCNc1ncc(Cl)cc1[N+](=O)[O-]. The van der Waals surface area contributed by atoms with E-state index in [0.717, 1.165) is 0 Å². The van der Waals surface area contributed by atoms with Crippen molar-refractivity contribution in [1.29, 1.82) is 0 Å². The Hall–Kier alpha value is -1.89. The number of carbonyl (C=O) groups excluding carboxylic acids is 1. The number of aromatic nitrogens is 1. The second kappa shape index (κ2) is 6.75. The fourth-order valence-corrected chi connectivity index (χ4v) is 1.37. The van der Waals surface area contributed by atoms with Gasteiger partial charge in [-0.3, -0.25) is 14.9 Å². The Morgan fingerprint density at radius 1 is 1.67 bits per heavy atom. The Bertz CT molecular complexity index is 453. The molecule has 0 fully saturated rings. The molecule has 0 aliphatic rings. The summed E-state index contributed by atoms with van der Waals surface area (Å²) >= 11 is 5.62. The summed E-state index contributed by atoms with van der Waals surface area (Å²) < 4.78 is 4.72. The van der Waals surface area contributed by atoms with Gasteiger partial charge in [-0.1, -0.05) is 11.6 Å². The highest BCUT2D eigenvalue weighted by Gasteiger charge is 2.15. The van der Waals surface area contributed by atoms with E-state index in [1.54, 1.807) is 6.92 Å². The molecule has 0 radical (unpaired) electrons. The zero-order valence-corrected chi connectivity index (χ0v) is 10.4. The molecule has 0 aliphatic carbocycles. The van der Waals surface area contributed by atoms with Crippen LogP contribution in [0.2, 0.25) is 5.02 Å². The number of ether oxygens (including phenoxy) is 1. The Labute approximate surface area is 108 Å². The smallest absolute Gasteiger partial charge is 0.312 e. The molecule has 0 saturated heterocycles. The monoisotopic (exact) mass is 273 g/mol. The molecule has 0 aliphatic heterocycles. The van der Waals surface area contributed by atoms with Crippen molar-refractivity contribution in [3.8, 4) is 0 Å². The molecule has 8 heteroatoms. The molecule has 18 heavy (non-hydrogen) atoms. The van der Waals surface area contributed by atoms with Gasteiger partial charge in [0.25, 0.3) is 0 Å². The van der Waals surface area contributed by atoms with E-state index in [9.17, 15) is 14.9 Å². The minimum absolute atomic E-state index is 0.0775. The molecule has 1 aromatic rings. The number of hydrogen-bond acceptors (Lipinski definition) is 6. The van der Waals surface area contributed by atoms with Crippen LogP contribution in [0.3, 0.4) is 0 Å². The number of nitrogens with zero attached hydrogens (tertiary/aromatic N) is 2. The van der Waals surface area contributed by atoms with E-state index in [0.29, 0.717) is 6.61 Å². The first kappa shape index (κ1) is 14.2. The van der Waals surface area contributed by atoms with E-state index in [1.165, 1.54) is 12.3 Å². The highest BCUT2D eigenvalue weighted by molar-refractivity contribution is 6.30. The fourth-order valence-electron chi connectivity index (χ4n) is 1.22. The van der Waals surface area contributed by atoms with Gasteiger partial charge in [0.1, 0.15) is 0 Å². The first-order valence-electron chi connectivity index (χ1n) is 5.24. The van der Waals surface area contributed by atoms with Crippen LogP contribution in [0.25, 0.3) is 0 Å². The quantitative estimate of drug-likeness (QED) is 0.484. The van der Waals surface area contributed by atoms with Gasteiger partial charge in [-0.05, 0) is 6.92 Å². The molecule has 0 saturated carbocycles. The highest BCUT2D eigenvalue weighted by Crippen LogP contribution is 2.24. The van der Waals surface area contributed by atoms with Crippen LogP contribution in [0.1, 0.15) is 13.3 Å². The van der Waals surface area contributed by atoms with Gasteiger partial charge in [0.15, 0.2) is 0 Å². The van der Waals surface area contributed by atoms with Crippen LogP contribution in [0, 0.1) is 10.1 Å². The molecular weight excluding hydrogens is 262 g/mol. The third-order valence-corrected chi connectivity index (χ3v) is 2.16. The summed E-state index contributed by atoms with van der Waals surface area (Å²) in [7, 11) is 0. The molecule has 0 amide bonds. The van der Waals surface area contributed by atoms with Gasteiger partial charge in [-0.2, -0.15) is 0 Å². The average Bonchev–Trinajstić information content (AvgIpc) is 2.31. The lowest BCUT2D eigenvalue weighted by atomic mass is 10.3. The van der Waals surface area contributed by atoms with Gasteiger partial charge in [0.2, 0.25) is 5.82 Å². The first-order chi connectivity index (χ1) is 8.54. The summed E-state index contributed by atoms with van der Waals surface area (Å²) in [6.45, 7) is 2.21. The molecule has 1 aromatic heterocycles. The summed E-state index contributed by atoms with van der Waals surface area (Å²) in [5.74, 6) is -0.296. The van der Waals surface area contributed by atoms with Crippen LogP contribution in [-0.2, 0) is 9.53 Å². The molecule has 7 nitrogen and oxygen atoms in total. The summed E-state index contributed by atoms with van der Waals surface area (Å²) in [4.78, 5) is 25.0. The van der Waals surface area contributed by atoms with E-state index in [4.69, 9.17) is 16.3 Å². The summed E-state index contributed by atoms with van der Waals surface area (Å²) in [5.41, 5.74) is -0.230. The number of carbonyl (C=O) groups is 1. The second-order valence-corrected chi connectivity index (χ2v) is 3.70. The van der Waals surface area contributed by atoms with Crippen LogP contribution in [0.5, 0.6) is 0 Å². The van der Waals surface area contributed by atoms with E-state index in [2.05, 4.69) is 10.3 Å². The molecular formula is C10H12ClN3O4. The van der Waals surface area contributed by atoms with Crippen molar-refractivity contribution in [2.75, 3.05) is 18.5 Å². The van der Waals surface area contributed by atoms with Gasteiger partial charge in [-0.15, -0.1) is 0 Å². The van der Waals surface area contributed by atoms with Crippen LogP contribution in [0.15, 0.2) is 12.3 Å². The standard InChI is InChI=1S/C10H12ClN3O4/c1-2-18-9(15)3-4-12-10-8(14(16)17)5-7(11)6-13-10/h5-6H,2-4H2,1H3,(H,12,13). The maximum atomic E-state index is 11.1. The molecule has 0 atom stereocenters. The van der Waals surface area contributed by atoms with Crippen molar-refractivity contribution in [3.63, 3.8) is 0 Å². The number of halogens is 1. The topological polar surface area (TPSA) is 94.4 Å². The van der Waals surface area contributed by atoms with Crippen LogP contribution in [0.4, 0.5) is 11.5 Å². The summed E-state index contributed by atoms with van der Waals surface area (Å²) in [5, 5.41) is 13.6. The third kappa shape index (κ3) is 4.17. The molecule has 1 heterocycles. The number of anilines is 1. The normalized spacial score (nSPS) is 9.89. The third-order valence-electron chi connectivity index (χ3n) is 1.96. The molecule has 1 N–H and O–H groups in total. The van der Waals surface area contributed by atoms with Crippen LogP contribution < -0.4 is 5.32 Å². The zero-order valence-electron chi connectivity index (χ0n) is 9.68. The van der Waals surface area contributed by atoms with Crippen LogP contribution in [-0.4, -0.2) is 29.0 Å².